The van der Waals surface area contributed by atoms with Gasteiger partial charge in [-0.1, -0.05) is 18.5 Å². The van der Waals surface area contributed by atoms with Gasteiger partial charge in [-0.15, -0.1) is 0 Å². The van der Waals surface area contributed by atoms with Crippen molar-refractivity contribution in [1.82, 2.24) is 0 Å². The minimum atomic E-state index is -4.77. The van der Waals surface area contributed by atoms with Crippen LogP contribution in [-0.4, -0.2) is 29.2 Å². The van der Waals surface area contributed by atoms with Crippen LogP contribution in [-0.2, 0) is 6.18 Å². The number of β-amino-alcohol motifs (C(OH)–C–C–N with tert-alkyl or cyclic N) is 1. The number of rotatable bonds is 2. The molecule has 122 valence electrons. The van der Waals surface area contributed by atoms with E-state index < -0.39 is 33.5 Å². The first-order valence-corrected chi connectivity index (χ1v) is 6.97. The number of aliphatic hydroxyl groups is 1. The number of alkyl halides is 3. The molecule has 0 saturated carbocycles. The summed E-state index contributed by atoms with van der Waals surface area (Å²) in [6.07, 6.45) is -4.89. The number of nitro groups is 1. The molecule has 0 radical (unpaired) electrons. The van der Waals surface area contributed by atoms with E-state index in [2.05, 4.69) is 0 Å². The Balaban J connectivity index is 2.47. The van der Waals surface area contributed by atoms with E-state index in [0.717, 1.165) is 6.07 Å². The van der Waals surface area contributed by atoms with Crippen molar-refractivity contribution in [3.8, 4) is 0 Å². The van der Waals surface area contributed by atoms with Crippen LogP contribution in [0.1, 0.15) is 18.9 Å². The van der Waals surface area contributed by atoms with E-state index in [-0.39, 0.29) is 18.2 Å². The number of hydrogen-bond acceptors (Lipinski definition) is 4. The largest absolute Gasteiger partial charge is 0.418 e. The first kappa shape index (κ1) is 16.8. The Bertz CT molecular complexity index is 595. The molecule has 2 unspecified atom stereocenters. The molecule has 1 aromatic rings. The zero-order valence-electron chi connectivity index (χ0n) is 11.6. The van der Waals surface area contributed by atoms with Crippen molar-refractivity contribution in [2.24, 2.45) is 5.92 Å². The summed E-state index contributed by atoms with van der Waals surface area (Å²) in [4.78, 5) is 11.7. The Hall–Kier alpha value is -1.54. The molecule has 1 aromatic carbocycles. The lowest BCUT2D eigenvalue weighted by Gasteiger charge is -2.35. The SMILES string of the molecule is CC1CCN(c2cc(Cl)c(C(F)(F)F)cc2[N+](=O)[O-])CC1O. The number of benzene rings is 1. The number of nitro benzene ring substituents is 1. The molecule has 1 aliphatic rings. The van der Waals surface area contributed by atoms with Crippen molar-refractivity contribution >= 4 is 23.0 Å². The number of anilines is 1. The van der Waals surface area contributed by atoms with Crippen molar-refractivity contribution in [1.29, 1.82) is 0 Å². The molecule has 5 nitrogen and oxygen atoms in total. The molecule has 1 fully saturated rings. The molecule has 1 saturated heterocycles. The van der Waals surface area contributed by atoms with Crippen LogP contribution in [0, 0.1) is 16.0 Å². The van der Waals surface area contributed by atoms with E-state index >= 15 is 0 Å². The molecular weight excluding hydrogens is 325 g/mol. The normalized spacial score (nSPS) is 22.7. The molecule has 0 spiro atoms. The van der Waals surface area contributed by atoms with Crippen molar-refractivity contribution in [2.75, 3.05) is 18.0 Å². The van der Waals surface area contributed by atoms with Gasteiger partial charge in [0.05, 0.1) is 21.6 Å². The van der Waals surface area contributed by atoms with Gasteiger partial charge in [0, 0.05) is 19.2 Å². The fraction of sp³-hybridized carbons (Fsp3) is 0.538. The number of hydrogen-bond donors (Lipinski definition) is 1. The van der Waals surface area contributed by atoms with Gasteiger partial charge in [-0.05, 0) is 18.4 Å². The molecule has 0 amide bonds. The van der Waals surface area contributed by atoms with Crippen LogP contribution in [0.5, 0.6) is 0 Å². The Kier molecular flexibility index (Phi) is 4.53. The third kappa shape index (κ3) is 3.27. The van der Waals surface area contributed by atoms with E-state index in [1.54, 1.807) is 0 Å². The van der Waals surface area contributed by atoms with Crippen LogP contribution in [0.25, 0.3) is 0 Å². The first-order valence-electron chi connectivity index (χ1n) is 6.59. The van der Waals surface area contributed by atoms with E-state index in [1.165, 1.54) is 4.90 Å². The van der Waals surface area contributed by atoms with Gasteiger partial charge in [-0.3, -0.25) is 10.1 Å². The summed E-state index contributed by atoms with van der Waals surface area (Å²) in [6, 6.07) is 1.40. The summed E-state index contributed by atoms with van der Waals surface area (Å²) < 4.78 is 38.5. The molecule has 2 rings (SSSR count). The molecular formula is C13H14ClF3N2O3. The summed E-state index contributed by atoms with van der Waals surface area (Å²) >= 11 is 5.64. The molecule has 9 heteroatoms. The standard InChI is InChI=1S/C13H14ClF3N2O3/c1-7-2-3-18(6-12(7)20)10-5-9(14)8(13(15,16)17)4-11(10)19(21)22/h4-5,7,12,20H,2-3,6H2,1H3. The fourth-order valence-corrected chi connectivity index (χ4v) is 2.70. The summed E-state index contributed by atoms with van der Waals surface area (Å²) in [7, 11) is 0. The van der Waals surface area contributed by atoms with E-state index in [9.17, 15) is 28.4 Å². The molecule has 1 N–H and O–H groups in total. The predicted molar refractivity (Wildman–Crippen MR) is 75.1 cm³/mol. The summed E-state index contributed by atoms with van der Waals surface area (Å²) in [5.74, 6) is 0.0280. The Morgan fingerprint density at radius 3 is 2.59 bits per heavy atom. The van der Waals surface area contributed by atoms with Crippen LogP contribution < -0.4 is 4.90 Å². The Labute approximate surface area is 129 Å². The molecule has 1 heterocycles. The minimum absolute atomic E-state index is 0.00560. The van der Waals surface area contributed by atoms with Crippen LogP contribution in [0.15, 0.2) is 12.1 Å². The molecule has 0 aliphatic carbocycles. The maximum atomic E-state index is 12.8. The third-order valence-electron chi connectivity index (χ3n) is 3.83. The molecule has 1 aliphatic heterocycles. The number of nitrogens with zero attached hydrogens (tertiary/aromatic N) is 2. The van der Waals surface area contributed by atoms with E-state index in [0.29, 0.717) is 19.0 Å². The molecule has 2 atom stereocenters. The average molecular weight is 339 g/mol. The average Bonchev–Trinajstić information content (AvgIpc) is 2.39. The highest BCUT2D eigenvalue weighted by Gasteiger charge is 2.37. The van der Waals surface area contributed by atoms with Gasteiger partial charge >= 0.3 is 6.18 Å². The molecule has 0 aromatic heterocycles. The first-order chi connectivity index (χ1) is 10.1. The van der Waals surface area contributed by atoms with Crippen LogP contribution in [0.4, 0.5) is 24.5 Å². The molecule has 0 bridgehead atoms. The topological polar surface area (TPSA) is 66.6 Å². The molecule has 22 heavy (non-hydrogen) atoms. The number of aliphatic hydroxyl groups excluding tert-OH is 1. The Morgan fingerprint density at radius 2 is 2.09 bits per heavy atom. The number of halogens is 4. The second-order valence-electron chi connectivity index (χ2n) is 5.35. The van der Waals surface area contributed by atoms with Gasteiger partial charge in [0.1, 0.15) is 5.69 Å². The Morgan fingerprint density at radius 1 is 1.45 bits per heavy atom. The predicted octanol–water partition coefficient (Wildman–Crippen LogP) is 3.47. The van der Waals surface area contributed by atoms with Crippen LogP contribution in [0.3, 0.4) is 0 Å². The highest BCUT2D eigenvalue weighted by atomic mass is 35.5. The van der Waals surface area contributed by atoms with Gasteiger partial charge in [0.15, 0.2) is 0 Å². The fourth-order valence-electron chi connectivity index (χ4n) is 2.44. The second-order valence-corrected chi connectivity index (χ2v) is 5.76. The van der Waals surface area contributed by atoms with Crippen molar-refractivity contribution in [3.05, 3.63) is 32.8 Å². The zero-order valence-corrected chi connectivity index (χ0v) is 12.4. The highest BCUT2D eigenvalue weighted by molar-refractivity contribution is 6.31. The van der Waals surface area contributed by atoms with Gasteiger partial charge in [0.2, 0.25) is 0 Å². The minimum Gasteiger partial charge on any atom is -0.391 e. The lowest BCUT2D eigenvalue weighted by Crippen LogP contribution is -2.43. The lowest BCUT2D eigenvalue weighted by molar-refractivity contribution is -0.384. The maximum absolute atomic E-state index is 12.8. The highest BCUT2D eigenvalue weighted by Crippen LogP contribution is 2.42. The third-order valence-corrected chi connectivity index (χ3v) is 4.14. The summed E-state index contributed by atoms with van der Waals surface area (Å²) in [5, 5.41) is 20.4. The van der Waals surface area contributed by atoms with Crippen LogP contribution in [0.2, 0.25) is 5.02 Å². The van der Waals surface area contributed by atoms with Gasteiger partial charge in [-0.2, -0.15) is 13.2 Å². The smallest absolute Gasteiger partial charge is 0.391 e. The summed E-state index contributed by atoms with van der Waals surface area (Å²) in [5.41, 5.74) is -1.91. The van der Waals surface area contributed by atoms with Gasteiger partial charge < -0.3 is 10.0 Å². The van der Waals surface area contributed by atoms with E-state index in [1.807, 2.05) is 6.92 Å². The van der Waals surface area contributed by atoms with Crippen molar-refractivity contribution < 1.29 is 23.2 Å². The summed E-state index contributed by atoms with van der Waals surface area (Å²) in [6.45, 7) is 2.36. The van der Waals surface area contributed by atoms with Crippen molar-refractivity contribution in [3.63, 3.8) is 0 Å². The second kappa shape index (κ2) is 5.92. The van der Waals surface area contributed by atoms with Crippen LogP contribution >= 0.6 is 11.6 Å². The monoisotopic (exact) mass is 338 g/mol. The van der Waals surface area contributed by atoms with Gasteiger partial charge in [0.25, 0.3) is 5.69 Å². The number of piperidine rings is 1. The van der Waals surface area contributed by atoms with Gasteiger partial charge in [-0.25, -0.2) is 0 Å². The van der Waals surface area contributed by atoms with E-state index in [4.69, 9.17) is 11.6 Å². The van der Waals surface area contributed by atoms with Crippen molar-refractivity contribution in [2.45, 2.75) is 25.6 Å². The maximum Gasteiger partial charge on any atom is 0.418 e. The quantitative estimate of drug-likeness (QED) is 0.662. The lowest BCUT2D eigenvalue weighted by atomic mass is 9.95. The zero-order chi connectivity index (χ0) is 16.7.